The third kappa shape index (κ3) is 6.00. The van der Waals surface area contributed by atoms with Crippen molar-refractivity contribution in [1.82, 2.24) is 4.90 Å². The summed E-state index contributed by atoms with van der Waals surface area (Å²) in [4.78, 5) is 13.9. The van der Waals surface area contributed by atoms with Crippen molar-refractivity contribution in [3.8, 4) is 0 Å². The largest absolute Gasteiger partial charge is 0.378 e. The molecule has 4 heteroatoms. The monoisotopic (exact) mass is 290 g/mol. The van der Waals surface area contributed by atoms with Gasteiger partial charge in [0.25, 0.3) is 0 Å². The van der Waals surface area contributed by atoms with Crippen molar-refractivity contribution in [2.24, 2.45) is 0 Å². The zero-order valence-corrected chi connectivity index (χ0v) is 13.5. The molecule has 0 unspecified atom stereocenters. The number of allylic oxidation sites excluding steroid dienone is 1. The summed E-state index contributed by atoms with van der Waals surface area (Å²) in [5, 5.41) is 0. The Bertz CT molecular complexity index is 464. The predicted molar refractivity (Wildman–Crippen MR) is 88.7 cm³/mol. The normalized spacial score (nSPS) is 14.6. The van der Waals surface area contributed by atoms with Crippen LogP contribution in [0.15, 0.2) is 24.3 Å². The Morgan fingerprint density at radius 3 is 2.33 bits per heavy atom. The fourth-order valence-electron chi connectivity index (χ4n) is 1.99. The zero-order valence-electron chi connectivity index (χ0n) is 13.5. The molecule has 1 saturated heterocycles. The first kappa shape index (κ1) is 17.2. The summed E-state index contributed by atoms with van der Waals surface area (Å²) in [6.45, 7) is 7.08. The summed E-state index contributed by atoms with van der Waals surface area (Å²) in [5.74, 6) is 0. The smallest absolute Gasteiger partial charge is 0.209 e. The Balaban J connectivity index is 0.000000235. The predicted octanol–water partition coefficient (Wildman–Crippen LogP) is 2.57. The maximum Gasteiger partial charge on any atom is 0.209 e. The molecular weight excluding hydrogens is 264 g/mol. The van der Waals surface area contributed by atoms with E-state index in [9.17, 15) is 4.79 Å². The third-order valence-corrected chi connectivity index (χ3v) is 3.31. The SMILES string of the molecule is C/C=C/c1ccc(N(C)C)cc1C.O=CN1CCOCC1. The van der Waals surface area contributed by atoms with E-state index in [1.165, 1.54) is 16.8 Å². The van der Waals surface area contributed by atoms with Crippen LogP contribution in [0.1, 0.15) is 18.1 Å². The number of nitrogens with zero attached hydrogens (tertiary/aromatic N) is 2. The molecule has 1 fully saturated rings. The van der Waals surface area contributed by atoms with Gasteiger partial charge in [-0.15, -0.1) is 0 Å². The summed E-state index contributed by atoms with van der Waals surface area (Å²) >= 11 is 0. The van der Waals surface area contributed by atoms with Crippen molar-refractivity contribution in [3.63, 3.8) is 0 Å². The maximum absolute atomic E-state index is 10.0. The molecule has 1 aromatic carbocycles. The summed E-state index contributed by atoms with van der Waals surface area (Å²) in [7, 11) is 4.12. The van der Waals surface area contributed by atoms with Crippen LogP contribution in [0, 0.1) is 6.92 Å². The van der Waals surface area contributed by atoms with Gasteiger partial charge in [0.1, 0.15) is 0 Å². The van der Waals surface area contributed by atoms with Crippen LogP contribution in [-0.2, 0) is 9.53 Å². The van der Waals surface area contributed by atoms with Crippen molar-refractivity contribution < 1.29 is 9.53 Å². The number of amides is 1. The van der Waals surface area contributed by atoms with E-state index < -0.39 is 0 Å². The molecule has 1 aromatic rings. The molecule has 21 heavy (non-hydrogen) atoms. The van der Waals surface area contributed by atoms with Gasteiger partial charge in [-0.2, -0.15) is 0 Å². The van der Waals surface area contributed by atoms with Crippen LogP contribution >= 0.6 is 0 Å². The molecule has 1 aliphatic rings. The molecule has 0 bridgehead atoms. The number of carbonyl (C=O) groups is 1. The van der Waals surface area contributed by atoms with Gasteiger partial charge >= 0.3 is 0 Å². The molecule has 1 aliphatic heterocycles. The number of hydrogen-bond acceptors (Lipinski definition) is 3. The van der Waals surface area contributed by atoms with E-state index >= 15 is 0 Å². The highest BCUT2D eigenvalue weighted by Gasteiger charge is 2.05. The number of aryl methyl sites for hydroxylation is 1. The van der Waals surface area contributed by atoms with E-state index in [4.69, 9.17) is 4.74 Å². The fraction of sp³-hybridized carbons (Fsp3) is 0.471. The van der Waals surface area contributed by atoms with Crippen LogP contribution in [0.3, 0.4) is 0 Å². The van der Waals surface area contributed by atoms with Crippen molar-refractivity contribution >= 4 is 18.2 Å². The molecule has 0 spiro atoms. The number of ether oxygens (including phenoxy) is 1. The topological polar surface area (TPSA) is 32.8 Å². The minimum absolute atomic E-state index is 0.693. The minimum Gasteiger partial charge on any atom is -0.378 e. The molecule has 0 aliphatic carbocycles. The number of hydrogen-bond donors (Lipinski definition) is 0. The van der Waals surface area contributed by atoms with Gasteiger partial charge in [-0.1, -0.05) is 18.2 Å². The highest BCUT2D eigenvalue weighted by molar-refractivity contribution is 5.59. The minimum atomic E-state index is 0.693. The van der Waals surface area contributed by atoms with E-state index in [0.29, 0.717) is 13.2 Å². The molecule has 0 radical (unpaired) electrons. The molecule has 0 N–H and O–H groups in total. The Hall–Kier alpha value is -1.81. The first-order valence-corrected chi connectivity index (χ1v) is 7.26. The van der Waals surface area contributed by atoms with Gasteiger partial charge in [-0.25, -0.2) is 0 Å². The van der Waals surface area contributed by atoms with Crippen LogP contribution < -0.4 is 4.90 Å². The van der Waals surface area contributed by atoms with Crippen molar-refractivity contribution in [2.75, 3.05) is 45.3 Å². The highest BCUT2D eigenvalue weighted by atomic mass is 16.5. The number of anilines is 1. The van der Waals surface area contributed by atoms with Gasteiger partial charge in [-0.05, 0) is 37.1 Å². The number of benzene rings is 1. The molecule has 0 aromatic heterocycles. The molecule has 1 amide bonds. The van der Waals surface area contributed by atoms with Gasteiger partial charge in [0.15, 0.2) is 0 Å². The zero-order chi connectivity index (χ0) is 15.7. The second-order valence-electron chi connectivity index (χ2n) is 5.19. The van der Waals surface area contributed by atoms with Gasteiger partial charge in [0.2, 0.25) is 6.41 Å². The van der Waals surface area contributed by atoms with E-state index in [-0.39, 0.29) is 0 Å². The molecule has 0 saturated carbocycles. The quantitative estimate of drug-likeness (QED) is 0.802. The molecule has 2 rings (SSSR count). The van der Waals surface area contributed by atoms with Gasteiger partial charge in [0, 0.05) is 32.9 Å². The molecule has 1 heterocycles. The van der Waals surface area contributed by atoms with Crippen LogP contribution in [0.25, 0.3) is 6.08 Å². The Morgan fingerprint density at radius 2 is 1.90 bits per heavy atom. The molecular formula is C17H26N2O2. The summed E-state index contributed by atoms with van der Waals surface area (Å²) < 4.78 is 5.00. The van der Waals surface area contributed by atoms with Gasteiger partial charge < -0.3 is 14.5 Å². The maximum atomic E-state index is 10.0. The van der Waals surface area contributed by atoms with Gasteiger partial charge in [-0.3, -0.25) is 4.79 Å². The second kappa shape index (κ2) is 9.19. The second-order valence-corrected chi connectivity index (χ2v) is 5.19. The average molecular weight is 290 g/mol. The average Bonchev–Trinajstić information content (AvgIpc) is 2.51. The van der Waals surface area contributed by atoms with E-state index in [0.717, 1.165) is 19.5 Å². The van der Waals surface area contributed by atoms with Crippen LogP contribution in [-0.4, -0.2) is 51.7 Å². The first-order valence-electron chi connectivity index (χ1n) is 7.26. The highest BCUT2D eigenvalue weighted by Crippen LogP contribution is 2.18. The van der Waals surface area contributed by atoms with E-state index in [1.54, 1.807) is 4.90 Å². The first-order chi connectivity index (χ1) is 10.1. The summed E-state index contributed by atoms with van der Waals surface area (Å²) in [6, 6.07) is 6.50. The number of morpholine rings is 1. The Labute approximate surface area is 128 Å². The molecule has 0 atom stereocenters. The lowest BCUT2D eigenvalue weighted by Crippen LogP contribution is -2.34. The van der Waals surface area contributed by atoms with Crippen LogP contribution in [0.2, 0.25) is 0 Å². The molecule has 116 valence electrons. The lowest BCUT2D eigenvalue weighted by molar-refractivity contribution is -0.121. The lowest BCUT2D eigenvalue weighted by atomic mass is 10.1. The lowest BCUT2D eigenvalue weighted by Gasteiger charge is -2.21. The van der Waals surface area contributed by atoms with Crippen molar-refractivity contribution in [3.05, 3.63) is 35.4 Å². The molecule has 4 nitrogen and oxygen atoms in total. The summed E-state index contributed by atoms with van der Waals surface area (Å²) in [6.07, 6.45) is 5.06. The van der Waals surface area contributed by atoms with Crippen LogP contribution in [0.4, 0.5) is 5.69 Å². The number of rotatable bonds is 3. The summed E-state index contributed by atoms with van der Waals surface area (Å²) in [5.41, 5.74) is 3.88. The number of carbonyl (C=O) groups excluding carboxylic acids is 1. The Kier molecular flexibility index (Phi) is 7.54. The van der Waals surface area contributed by atoms with Crippen LogP contribution in [0.5, 0.6) is 0 Å². The standard InChI is InChI=1S/C12H17N.C5H9NO2/c1-5-6-11-7-8-12(13(3)4)9-10(11)2;7-5-6-1-3-8-4-2-6/h5-9H,1-4H3;5H,1-4H2/b6-5+;. The van der Waals surface area contributed by atoms with Crippen molar-refractivity contribution in [1.29, 1.82) is 0 Å². The van der Waals surface area contributed by atoms with E-state index in [1.807, 2.05) is 6.92 Å². The van der Waals surface area contributed by atoms with Crippen molar-refractivity contribution in [2.45, 2.75) is 13.8 Å². The third-order valence-electron chi connectivity index (χ3n) is 3.31. The Morgan fingerprint density at radius 1 is 1.24 bits per heavy atom. The fourth-order valence-corrected chi connectivity index (χ4v) is 1.99. The van der Waals surface area contributed by atoms with E-state index in [2.05, 4.69) is 56.3 Å². The van der Waals surface area contributed by atoms with Gasteiger partial charge in [0.05, 0.1) is 13.2 Å².